The lowest BCUT2D eigenvalue weighted by molar-refractivity contribution is 0.0657. The molecular weight excluding hydrogens is 395 g/mol. The minimum Gasteiger partial charge on any atom is -0.493 e. The van der Waals surface area contributed by atoms with Crippen LogP contribution in [0.1, 0.15) is 32.2 Å². The molecule has 2 N–H and O–H groups in total. The zero-order valence-electron chi connectivity index (χ0n) is 15.8. The summed E-state index contributed by atoms with van der Waals surface area (Å²) in [6.07, 6.45) is 1.40. The van der Waals surface area contributed by atoms with Crippen molar-refractivity contribution in [3.63, 3.8) is 0 Å². The number of aromatic carboxylic acids is 1. The van der Waals surface area contributed by atoms with Gasteiger partial charge in [0.2, 0.25) is 5.76 Å². The van der Waals surface area contributed by atoms with Gasteiger partial charge < -0.3 is 19.0 Å². The fourth-order valence-corrected chi connectivity index (χ4v) is 2.46. The fraction of sp³-hybridized carbons (Fsp3) is 0.0952. The number of hydrazone groups is 1. The highest BCUT2D eigenvalue weighted by Gasteiger charge is 2.11. The summed E-state index contributed by atoms with van der Waals surface area (Å²) >= 11 is 0. The van der Waals surface area contributed by atoms with E-state index in [-0.39, 0.29) is 17.9 Å². The number of amides is 1. The molecule has 2 aromatic carbocycles. The summed E-state index contributed by atoms with van der Waals surface area (Å²) in [5.74, 6) is -1.23. The predicted molar refractivity (Wildman–Crippen MR) is 104 cm³/mol. The van der Waals surface area contributed by atoms with E-state index in [1.807, 2.05) is 0 Å². The van der Waals surface area contributed by atoms with E-state index < -0.39 is 17.7 Å². The quantitative estimate of drug-likeness (QED) is 0.433. The number of hydrogen-bond donors (Lipinski definition) is 2. The van der Waals surface area contributed by atoms with Crippen LogP contribution in [-0.4, -0.2) is 30.3 Å². The molecule has 30 heavy (non-hydrogen) atoms. The molecule has 0 spiro atoms. The summed E-state index contributed by atoms with van der Waals surface area (Å²) in [5.41, 5.74) is 3.08. The molecule has 0 atom stereocenters. The van der Waals surface area contributed by atoms with E-state index in [0.717, 1.165) is 6.07 Å². The number of hydrogen-bond acceptors (Lipinski definition) is 6. The van der Waals surface area contributed by atoms with E-state index in [1.165, 1.54) is 43.7 Å². The number of benzene rings is 2. The number of nitrogens with one attached hydrogen (secondary N) is 1. The Bertz CT molecular complexity index is 1090. The number of carboxylic acids is 1. The van der Waals surface area contributed by atoms with Gasteiger partial charge in [-0.15, -0.1) is 0 Å². The van der Waals surface area contributed by atoms with Crippen LogP contribution in [-0.2, 0) is 6.61 Å². The first-order chi connectivity index (χ1) is 14.5. The van der Waals surface area contributed by atoms with Crippen LogP contribution in [0, 0.1) is 5.82 Å². The molecule has 8 nitrogen and oxygen atoms in total. The Kier molecular flexibility index (Phi) is 6.43. The number of nitrogens with zero attached hydrogens (tertiary/aromatic N) is 1. The maximum Gasteiger partial charge on any atom is 0.371 e. The molecule has 1 aromatic heterocycles. The van der Waals surface area contributed by atoms with Crippen molar-refractivity contribution in [3.8, 4) is 11.5 Å². The van der Waals surface area contributed by atoms with E-state index in [9.17, 15) is 14.0 Å². The first-order valence-corrected chi connectivity index (χ1v) is 8.68. The largest absolute Gasteiger partial charge is 0.493 e. The van der Waals surface area contributed by atoms with Crippen molar-refractivity contribution in [1.82, 2.24) is 5.43 Å². The number of carbonyl (C=O) groups excluding carboxylic acids is 1. The summed E-state index contributed by atoms with van der Waals surface area (Å²) in [6, 6.07) is 13.1. The lowest BCUT2D eigenvalue weighted by atomic mass is 10.2. The maximum atomic E-state index is 13.2. The zero-order valence-corrected chi connectivity index (χ0v) is 15.8. The van der Waals surface area contributed by atoms with Crippen molar-refractivity contribution < 1.29 is 33.0 Å². The topological polar surface area (TPSA) is 110 Å². The lowest BCUT2D eigenvalue weighted by Crippen LogP contribution is -2.17. The van der Waals surface area contributed by atoms with Crippen molar-refractivity contribution in [1.29, 1.82) is 0 Å². The maximum absolute atomic E-state index is 13.2. The lowest BCUT2D eigenvalue weighted by Gasteiger charge is -2.10. The number of rotatable bonds is 8. The van der Waals surface area contributed by atoms with Gasteiger partial charge in [0.25, 0.3) is 5.91 Å². The first-order valence-electron chi connectivity index (χ1n) is 8.68. The van der Waals surface area contributed by atoms with Gasteiger partial charge in [-0.3, -0.25) is 4.79 Å². The molecule has 0 bridgehead atoms. The third-order valence-electron chi connectivity index (χ3n) is 3.90. The van der Waals surface area contributed by atoms with Crippen LogP contribution in [0.3, 0.4) is 0 Å². The second-order valence-corrected chi connectivity index (χ2v) is 5.98. The molecule has 0 unspecified atom stereocenters. The second-order valence-electron chi connectivity index (χ2n) is 5.98. The molecule has 1 amide bonds. The molecule has 3 rings (SSSR count). The molecule has 0 fully saturated rings. The van der Waals surface area contributed by atoms with Crippen molar-refractivity contribution in [2.75, 3.05) is 7.11 Å². The Balaban J connectivity index is 1.62. The number of halogens is 1. The molecule has 0 aliphatic carbocycles. The van der Waals surface area contributed by atoms with Crippen LogP contribution in [0.25, 0.3) is 0 Å². The molecule has 9 heteroatoms. The smallest absolute Gasteiger partial charge is 0.371 e. The Morgan fingerprint density at radius 2 is 2.00 bits per heavy atom. The number of carbonyl (C=O) groups is 2. The van der Waals surface area contributed by atoms with Gasteiger partial charge in [-0.2, -0.15) is 5.10 Å². The van der Waals surface area contributed by atoms with Crippen LogP contribution in [0.5, 0.6) is 11.5 Å². The van der Waals surface area contributed by atoms with Crippen LogP contribution in [0.2, 0.25) is 0 Å². The Labute approximate surface area is 170 Å². The number of methoxy groups -OCH3 is 1. The van der Waals surface area contributed by atoms with Gasteiger partial charge in [0.1, 0.15) is 18.2 Å². The summed E-state index contributed by atoms with van der Waals surface area (Å²) < 4.78 is 29.2. The van der Waals surface area contributed by atoms with Crippen LogP contribution in [0.15, 0.2) is 64.1 Å². The van der Waals surface area contributed by atoms with Gasteiger partial charge in [-0.25, -0.2) is 14.6 Å². The molecule has 0 saturated heterocycles. The second kappa shape index (κ2) is 9.37. The van der Waals surface area contributed by atoms with Crippen molar-refractivity contribution >= 4 is 18.1 Å². The molecule has 0 aliphatic heterocycles. The standard InChI is InChI=1S/C21H17FN2O6/c1-28-19-9-13(11-23-24-20(25)14-3-2-4-15(22)10-14)5-7-17(19)29-12-16-6-8-18(30-16)21(26)27/h2-11H,12H2,1H3,(H,24,25)(H,26,27). The van der Waals surface area contributed by atoms with E-state index in [4.69, 9.17) is 19.0 Å². The van der Waals surface area contributed by atoms with E-state index in [1.54, 1.807) is 18.2 Å². The van der Waals surface area contributed by atoms with E-state index in [2.05, 4.69) is 10.5 Å². The van der Waals surface area contributed by atoms with E-state index >= 15 is 0 Å². The van der Waals surface area contributed by atoms with Gasteiger partial charge in [0.15, 0.2) is 11.5 Å². The Morgan fingerprint density at radius 3 is 2.70 bits per heavy atom. The SMILES string of the molecule is COc1cc(C=NNC(=O)c2cccc(F)c2)ccc1OCc1ccc(C(=O)O)o1. The summed E-state index contributed by atoms with van der Waals surface area (Å²) in [6.45, 7) is 0.0147. The Morgan fingerprint density at radius 1 is 1.17 bits per heavy atom. The summed E-state index contributed by atoms with van der Waals surface area (Å²) in [5, 5.41) is 12.7. The molecule has 3 aromatic rings. The molecule has 1 heterocycles. The van der Waals surface area contributed by atoms with Crippen molar-refractivity contribution in [2.45, 2.75) is 6.61 Å². The van der Waals surface area contributed by atoms with E-state index in [0.29, 0.717) is 22.8 Å². The minimum absolute atomic E-state index is 0.0147. The average Bonchev–Trinajstić information content (AvgIpc) is 3.22. The summed E-state index contributed by atoms with van der Waals surface area (Å²) in [7, 11) is 1.46. The molecule has 0 aliphatic rings. The number of ether oxygens (including phenoxy) is 2. The van der Waals surface area contributed by atoms with Gasteiger partial charge in [-0.05, 0) is 54.1 Å². The Hall–Kier alpha value is -4.14. The third kappa shape index (κ3) is 5.22. The zero-order chi connectivity index (χ0) is 21.5. The third-order valence-corrected chi connectivity index (χ3v) is 3.90. The van der Waals surface area contributed by atoms with Crippen LogP contribution in [0.4, 0.5) is 4.39 Å². The average molecular weight is 412 g/mol. The van der Waals surface area contributed by atoms with Gasteiger partial charge in [0.05, 0.1) is 13.3 Å². The molecule has 0 saturated carbocycles. The molecular formula is C21H17FN2O6. The highest BCUT2D eigenvalue weighted by Crippen LogP contribution is 2.28. The van der Waals surface area contributed by atoms with Crippen LogP contribution < -0.4 is 14.9 Å². The molecule has 154 valence electrons. The van der Waals surface area contributed by atoms with Gasteiger partial charge in [-0.1, -0.05) is 6.07 Å². The van der Waals surface area contributed by atoms with Crippen molar-refractivity contribution in [3.05, 3.63) is 83.1 Å². The number of carboxylic acid groups (broad SMARTS) is 1. The van der Waals surface area contributed by atoms with Gasteiger partial charge >= 0.3 is 5.97 Å². The highest BCUT2D eigenvalue weighted by atomic mass is 19.1. The number of furan rings is 1. The fourth-order valence-electron chi connectivity index (χ4n) is 2.46. The monoisotopic (exact) mass is 412 g/mol. The first kappa shape index (κ1) is 20.6. The summed E-state index contributed by atoms with van der Waals surface area (Å²) in [4.78, 5) is 22.8. The highest BCUT2D eigenvalue weighted by molar-refractivity contribution is 5.94. The van der Waals surface area contributed by atoms with Crippen molar-refractivity contribution in [2.24, 2.45) is 5.10 Å². The molecule has 0 radical (unpaired) electrons. The predicted octanol–water partition coefficient (Wildman–Crippen LogP) is 3.47. The van der Waals surface area contributed by atoms with Crippen LogP contribution >= 0.6 is 0 Å². The normalized spacial score (nSPS) is 10.7. The minimum atomic E-state index is -1.16. The van der Waals surface area contributed by atoms with Gasteiger partial charge in [0, 0.05) is 5.56 Å².